The number of benzene rings is 1. The number of hydrogen-bond donors (Lipinski definition) is 4. The van der Waals surface area contributed by atoms with Crippen molar-refractivity contribution in [2.75, 3.05) is 16.4 Å². The van der Waals surface area contributed by atoms with Crippen molar-refractivity contribution in [2.45, 2.75) is 25.8 Å². The minimum absolute atomic E-state index is 0.0128. The van der Waals surface area contributed by atoms with Gasteiger partial charge in [0.2, 0.25) is 11.8 Å². The normalized spacial score (nSPS) is 15.5. The minimum atomic E-state index is -0.523. The molecule has 0 fully saturated rings. The van der Waals surface area contributed by atoms with E-state index in [4.69, 9.17) is 11.5 Å². The number of nitrogen functional groups attached to an aromatic ring is 1. The average Bonchev–Trinajstić information content (AvgIpc) is 2.30. The van der Waals surface area contributed by atoms with E-state index in [2.05, 4.69) is 10.6 Å². The Balaban J connectivity index is 2.29. The van der Waals surface area contributed by atoms with Crippen molar-refractivity contribution in [3.63, 3.8) is 0 Å². The molecule has 96 valence electrons. The molecule has 1 aliphatic heterocycles. The average molecular weight is 248 g/mol. The Bertz CT molecular complexity index is 513. The number of nitrogens with two attached hydrogens (primary N) is 2. The van der Waals surface area contributed by atoms with Crippen LogP contribution in [0.1, 0.15) is 18.9 Å². The first-order chi connectivity index (χ1) is 8.47. The van der Waals surface area contributed by atoms with Crippen LogP contribution in [0.2, 0.25) is 0 Å². The molecule has 0 aromatic heterocycles. The number of nitrogens with one attached hydrogen (secondary N) is 2. The van der Waals surface area contributed by atoms with Crippen molar-refractivity contribution in [3.05, 3.63) is 17.7 Å². The van der Waals surface area contributed by atoms with Crippen LogP contribution in [0.5, 0.6) is 0 Å². The Morgan fingerprint density at radius 1 is 1.44 bits per heavy atom. The molecule has 0 saturated carbocycles. The highest BCUT2D eigenvalue weighted by atomic mass is 16.2. The molecule has 1 aliphatic rings. The number of rotatable bonds is 3. The maximum Gasteiger partial charge on any atom is 0.239 e. The van der Waals surface area contributed by atoms with Crippen molar-refractivity contribution in [1.29, 1.82) is 0 Å². The van der Waals surface area contributed by atoms with Gasteiger partial charge in [0.1, 0.15) is 6.04 Å². The number of anilines is 3. The molecule has 0 spiro atoms. The molecule has 0 bridgehead atoms. The lowest BCUT2D eigenvalue weighted by Gasteiger charge is -2.21. The molecule has 0 aliphatic carbocycles. The molecule has 1 heterocycles. The van der Waals surface area contributed by atoms with Crippen LogP contribution in [0.15, 0.2) is 12.1 Å². The Morgan fingerprint density at radius 3 is 2.83 bits per heavy atom. The fourth-order valence-corrected chi connectivity index (χ4v) is 1.88. The fourth-order valence-electron chi connectivity index (χ4n) is 1.88. The molecule has 1 unspecified atom stereocenters. The molecular formula is C12H16N4O2. The van der Waals surface area contributed by atoms with E-state index in [1.165, 1.54) is 0 Å². The molecule has 1 atom stereocenters. The Morgan fingerprint density at radius 2 is 2.17 bits per heavy atom. The standard InChI is InChI=1S/C12H16N4O2/c1-6(12(14)18)15-10-5-9-7(4-8(10)13)2-3-11(17)16-9/h4-6,15H,2-3,13H2,1H3,(H2,14,18)(H,16,17). The van der Waals surface area contributed by atoms with Gasteiger partial charge in [0.15, 0.2) is 0 Å². The summed E-state index contributed by atoms with van der Waals surface area (Å²) in [5.41, 5.74) is 14.0. The third-order valence-corrected chi connectivity index (χ3v) is 2.97. The minimum Gasteiger partial charge on any atom is -0.397 e. The number of primary amides is 1. The third kappa shape index (κ3) is 2.37. The zero-order valence-electron chi connectivity index (χ0n) is 10.1. The first kappa shape index (κ1) is 12.2. The van der Waals surface area contributed by atoms with E-state index in [1.807, 2.05) is 6.07 Å². The van der Waals surface area contributed by atoms with Crippen LogP contribution < -0.4 is 22.1 Å². The zero-order valence-corrected chi connectivity index (χ0v) is 10.1. The lowest BCUT2D eigenvalue weighted by Crippen LogP contribution is -2.32. The topological polar surface area (TPSA) is 110 Å². The fraction of sp³-hybridized carbons (Fsp3) is 0.333. The second-order valence-corrected chi connectivity index (χ2v) is 4.41. The van der Waals surface area contributed by atoms with Crippen LogP contribution in [0, 0.1) is 0 Å². The number of aryl methyl sites for hydroxylation is 1. The van der Waals surface area contributed by atoms with Crippen molar-refractivity contribution >= 4 is 28.9 Å². The van der Waals surface area contributed by atoms with Crippen molar-refractivity contribution in [2.24, 2.45) is 5.73 Å². The van der Waals surface area contributed by atoms with E-state index >= 15 is 0 Å². The van der Waals surface area contributed by atoms with E-state index in [0.717, 1.165) is 11.3 Å². The van der Waals surface area contributed by atoms with Crippen LogP contribution in [0.25, 0.3) is 0 Å². The highest BCUT2D eigenvalue weighted by molar-refractivity contribution is 5.96. The summed E-state index contributed by atoms with van der Waals surface area (Å²) in [4.78, 5) is 22.3. The van der Waals surface area contributed by atoms with Crippen molar-refractivity contribution in [1.82, 2.24) is 0 Å². The highest BCUT2D eigenvalue weighted by Gasteiger charge is 2.18. The van der Waals surface area contributed by atoms with Gasteiger partial charge in [-0.15, -0.1) is 0 Å². The molecule has 2 rings (SSSR count). The number of carbonyl (C=O) groups is 2. The largest absolute Gasteiger partial charge is 0.397 e. The van der Waals surface area contributed by atoms with Crippen LogP contribution in [-0.2, 0) is 16.0 Å². The predicted molar refractivity (Wildman–Crippen MR) is 70.1 cm³/mol. The summed E-state index contributed by atoms with van der Waals surface area (Å²) in [6, 6.07) is 3.02. The van der Waals surface area contributed by atoms with Gasteiger partial charge in [-0.05, 0) is 31.0 Å². The molecule has 0 radical (unpaired) electrons. The second kappa shape index (κ2) is 4.56. The molecule has 0 saturated heterocycles. The summed E-state index contributed by atoms with van der Waals surface area (Å²) < 4.78 is 0. The van der Waals surface area contributed by atoms with Gasteiger partial charge in [0, 0.05) is 12.1 Å². The second-order valence-electron chi connectivity index (χ2n) is 4.41. The number of amides is 2. The zero-order chi connectivity index (χ0) is 13.3. The van der Waals surface area contributed by atoms with E-state index in [1.54, 1.807) is 13.0 Å². The first-order valence-electron chi connectivity index (χ1n) is 5.75. The lowest BCUT2D eigenvalue weighted by molar-refractivity contribution is -0.118. The van der Waals surface area contributed by atoms with Crippen molar-refractivity contribution < 1.29 is 9.59 Å². The van der Waals surface area contributed by atoms with E-state index in [9.17, 15) is 9.59 Å². The van der Waals surface area contributed by atoms with Gasteiger partial charge in [-0.25, -0.2) is 0 Å². The summed E-state index contributed by atoms with van der Waals surface area (Å²) in [5.74, 6) is -0.475. The summed E-state index contributed by atoms with van der Waals surface area (Å²) in [6.07, 6.45) is 1.15. The molecular weight excluding hydrogens is 232 g/mol. The van der Waals surface area contributed by atoms with Crippen LogP contribution in [0.3, 0.4) is 0 Å². The molecule has 2 amide bonds. The Kier molecular flexibility index (Phi) is 3.10. The van der Waals surface area contributed by atoms with Crippen molar-refractivity contribution in [3.8, 4) is 0 Å². The van der Waals surface area contributed by atoms with Crippen LogP contribution >= 0.6 is 0 Å². The molecule has 1 aromatic carbocycles. The molecule has 6 nitrogen and oxygen atoms in total. The van der Waals surface area contributed by atoms with E-state index in [0.29, 0.717) is 24.2 Å². The lowest BCUT2D eigenvalue weighted by atomic mass is 10.0. The number of hydrogen-bond acceptors (Lipinski definition) is 4. The smallest absolute Gasteiger partial charge is 0.239 e. The monoisotopic (exact) mass is 248 g/mol. The maximum atomic E-state index is 11.3. The molecule has 18 heavy (non-hydrogen) atoms. The Labute approximate surface area is 105 Å². The highest BCUT2D eigenvalue weighted by Crippen LogP contribution is 2.31. The van der Waals surface area contributed by atoms with Crippen LogP contribution in [-0.4, -0.2) is 17.9 Å². The quantitative estimate of drug-likeness (QED) is 0.582. The first-order valence-corrected chi connectivity index (χ1v) is 5.75. The summed E-state index contributed by atoms with van der Waals surface area (Å²) in [6.45, 7) is 1.65. The maximum absolute atomic E-state index is 11.3. The number of fused-ring (bicyclic) bond motifs is 1. The van der Waals surface area contributed by atoms with Gasteiger partial charge >= 0.3 is 0 Å². The summed E-state index contributed by atoms with van der Waals surface area (Å²) >= 11 is 0. The van der Waals surface area contributed by atoms with Gasteiger partial charge in [0.25, 0.3) is 0 Å². The summed E-state index contributed by atoms with van der Waals surface area (Å²) in [5, 5.41) is 5.70. The predicted octanol–water partition coefficient (Wildman–Crippen LogP) is 0.439. The van der Waals surface area contributed by atoms with E-state index < -0.39 is 11.9 Å². The van der Waals surface area contributed by atoms with Crippen LogP contribution in [0.4, 0.5) is 17.1 Å². The molecule has 1 aromatic rings. The molecule has 6 heteroatoms. The Hall–Kier alpha value is -2.24. The SMILES string of the molecule is CC(Nc1cc2c(cc1N)CCC(=O)N2)C(N)=O. The van der Waals surface area contributed by atoms with Gasteiger partial charge < -0.3 is 22.1 Å². The van der Waals surface area contributed by atoms with Gasteiger partial charge in [0.05, 0.1) is 11.4 Å². The number of carbonyl (C=O) groups excluding carboxylic acids is 2. The van der Waals surface area contributed by atoms with E-state index in [-0.39, 0.29) is 5.91 Å². The summed E-state index contributed by atoms with van der Waals surface area (Å²) in [7, 11) is 0. The molecule has 6 N–H and O–H groups in total. The van der Waals surface area contributed by atoms with Gasteiger partial charge in [-0.1, -0.05) is 0 Å². The van der Waals surface area contributed by atoms with Gasteiger partial charge in [-0.2, -0.15) is 0 Å². The van der Waals surface area contributed by atoms with Gasteiger partial charge in [-0.3, -0.25) is 9.59 Å². The third-order valence-electron chi connectivity index (χ3n) is 2.97.